The lowest BCUT2D eigenvalue weighted by Gasteiger charge is -2.10. The van der Waals surface area contributed by atoms with Crippen molar-refractivity contribution in [2.24, 2.45) is 0 Å². The maximum absolute atomic E-state index is 13.4. The molecule has 0 unspecified atom stereocenters. The van der Waals surface area contributed by atoms with Gasteiger partial charge in [-0.25, -0.2) is 4.79 Å². The predicted octanol–water partition coefficient (Wildman–Crippen LogP) is 6.13. The number of rotatable bonds is 6. The molecule has 0 aliphatic heterocycles. The molecule has 0 saturated heterocycles. The number of ether oxygens (including phenoxy) is 1. The van der Waals surface area contributed by atoms with Crippen molar-refractivity contribution in [3.63, 3.8) is 0 Å². The number of amides is 1. The molecule has 2 aromatic carbocycles. The minimum atomic E-state index is -0.441. The van der Waals surface area contributed by atoms with E-state index in [1.54, 1.807) is 13.0 Å². The summed E-state index contributed by atoms with van der Waals surface area (Å²) in [5.74, 6) is -0.674. The van der Waals surface area contributed by atoms with Crippen LogP contribution in [0.4, 0.5) is 5.00 Å². The van der Waals surface area contributed by atoms with E-state index in [1.807, 2.05) is 73.0 Å². The summed E-state index contributed by atoms with van der Waals surface area (Å²) >= 11 is 1.37. The van der Waals surface area contributed by atoms with Crippen molar-refractivity contribution in [3.05, 3.63) is 77.5 Å². The Balaban J connectivity index is 1.76. The fourth-order valence-electron chi connectivity index (χ4n) is 3.85. The number of carbonyl (C=O) groups excluding carboxylic acids is 2. The lowest BCUT2D eigenvalue weighted by Crippen LogP contribution is -2.19. The van der Waals surface area contributed by atoms with Crippen molar-refractivity contribution in [3.8, 4) is 10.4 Å². The van der Waals surface area contributed by atoms with E-state index in [9.17, 15) is 9.59 Å². The number of benzene rings is 2. The molecule has 0 aliphatic rings. The van der Waals surface area contributed by atoms with Gasteiger partial charge in [0, 0.05) is 22.3 Å². The number of aromatic nitrogens is 1. The molecule has 0 radical (unpaired) electrons. The molecule has 158 valence electrons. The highest BCUT2D eigenvalue weighted by Gasteiger charge is 2.24. The van der Waals surface area contributed by atoms with Gasteiger partial charge >= 0.3 is 5.97 Å². The molecule has 0 spiro atoms. The average molecular weight is 433 g/mol. The van der Waals surface area contributed by atoms with Gasteiger partial charge in [0.15, 0.2) is 0 Å². The molecule has 1 N–H and O–H groups in total. The quantitative estimate of drug-likeness (QED) is 0.373. The highest BCUT2D eigenvalue weighted by Crippen LogP contribution is 2.36. The van der Waals surface area contributed by atoms with Crippen molar-refractivity contribution in [2.75, 3.05) is 11.9 Å². The molecule has 0 aliphatic carbocycles. The number of para-hydroxylation sites is 1. The third-order valence-corrected chi connectivity index (χ3v) is 6.37. The number of fused-ring (bicyclic) bond motifs is 1. The molecule has 2 heterocycles. The number of esters is 1. The Morgan fingerprint density at radius 1 is 1.03 bits per heavy atom. The molecule has 4 aromatic rings. The number of carbonyl (C=O) groups is 2. The van der Waals surface area contributed by atoms with Gasteiger partial charge in [-0.2, -0.15) is 0 Å². The number of anilines is 1. The Bertz CT molecular complexity index is 1250. The summed E-state index contributed by atoms with van der Waals surface area (Å²) in [5, 5.41) is 4.54. The molecule has 4 rings (SSSR count). The first-order valence-electron chi connectivity index (χ1n) is 10.3. The second kappa shape index (κ2) is 8.78. The van der Waals surface area contributed by atoms with Gasteiger partial charge in [0.25, 0.3) is 5.91 Å². The summed E-state index contributed by atoms with van der Waals surface area (Å²) in [6, 6.07) is 19.6. The highest BCUT2D eigenvalue weighted by atomic mass is 32.1. The largest absolute Gasteiger partial charge is 0.462 e. The van der Waals surface area contributed by atoms with Gasteiger partial charge in [0.05, 0.1) is 12.2 Å². The molecular formula is C25H24N2O3S. The highest BCUT2D eigenvalue weighted by molar-refractivity contribution is 7.20. The first-order valence-corrected chi connectivity index (χ1v) is 11.1. The van der Waals surface area contributed by atoms with E-state index in [0.717, 1.165) is 26.9 Å². The van der Waals surface area contributed by atoms with E-state index in [4.69, 9.17) is 4.74 Å². The Hall–Kier alpha value is -3.38. The molecule has 0 saturated carbocycles. The molecule has 0 atom stereocenters. The summed E-state index contributed by atoms with van der Waals surface area (Å²) in [5.41, 5.74) is 3.91. The number of aryl methyl sites for hydroxylation is 2. The van der Waals surface area contributed by atoms with Gasteiger partial charge in [0.1, 0.15) is 10.7 Å². The van der Waals surface area contributed by atoms with E-state index >= 15 is 0 Å². The monoisotopic (exact) mass is 432 g/mol. The molecular weight excluding hydrogens is 408 g/mol. The zero-order valence-corrected chi connectivity index (χ0v) is 18.6. The second-order valence-corrected chi connectivity index (χ2v) is 8.18. The number of nitrogens with zero attached hydrogens (tertiary/aromatic N) is 1. The molecule has 1 amide bonds. The molecule has 31 heavy (non-hydrogen) atoms. The van der Waals surface area contributed by atoms with E-state index in [2.05, 4.69) is 5.32 Å². The van der Waals surface area contributed by atoms with Gasteiger partial charge in [-0.05, 0) is 44.0 Å². The normalized spacial score (nSPS) is 10.9. The van der Waals surface area contributed by atoms with Gasteiger partial charge in [-0.15, -0.1) is 11.3 Å². The number of nitrogens with one attached hydrogen (secondary N) is 1. The van der Waals surface area contributed by atoms with E-state index in [0.29, 0.717) is 22.8 Å². The van der Waals surface area contributed by atoms with Crippen molar-refractivity contribution < 1.29 is 14.3 Å². The fraction of sp³-hybridized carbons (Fsp3) is 0.200. The zero-order chi connectivity index (χ0) is 22.0. The second-order valence-electron chi connectivity index (χ2n) is 7.13. The van der Waals surface area contributed by atoms with Crippen molar-refractivity contribution in [1.29, 1.82) is 0 Å². The third kappa shape index (κ3) is 3.86. The summed E-state index contributed by atoms with van der Waals surface area (Å²) in [6.07, 6.45) is 0. The number of hydrogen-bond donors (Lipinski definition) is 1. The zero-order valence-electron chi connectivity index (χ0n) is 17.8. The van der Waals surface area contributed by atoms with Crippen LogP contribution < -0.4 is 5.32 Å². The van der Waals surface area contributed by atoms with Crippen LogP contribution in [0.15, 0.2) is 60.7 Å². The summed E-state index contributed by atoms with van der Waals surface area (Å²) in [6.45, 7) is 6.68. The first kappa shape index (κ1) is 20.9. The van der Waals surface area contributed by atoms with Crippen molar-refractivity contribution in [2.45, 2.75) is 27.3 Å². The lowest BCUT2D eigenvalue weighted by molar-refractivity contribution is 0.0528. The Morgan fingerprint density at radius 3 is 2.45 bits per heavy atom. The number of thiophene rings is 1. The van der Waals surface area contributed by atoms with Crippen LogP contribution in [0.3, 0.4) is 0 Å². The maximum Gasteiger partial charge on any atom is 0.341 e. The van der Waals surface area contributed by atoms with Crippen LogP contribution in [0.1, 0.15) is 40.3 Å². The predicted molar refractivity (Wildman–Crippen MR) is 126 cm³/mol. The van der Waals surface area contributed by atoms with Crippen molar-refractivity contribution >= 4 is 39.1 Å². The minimum Gasteiger partial charge on any atom is -0.462 e. The van der Waals surface area contributed by atoms with Gasteiger partial charge in [-0.3, -0.25) is 4.79 Å². The standard InChI is InChI=1S/C25H24N2O3S/c1-4-27-20-14-10-9-13-18(20)16(3)22(27)23(28)26-24-19(25(29)30-5-2)15-21(31-24)17-11-7-6-8-12-17/h6-15H,4-5H2,1-3H3,(H,26,28). The smallest absolute Gasteiger partial charge is 0.341 e. The Kier molecular flexibility index (Phi) is 5.91. The van der Waals surface area contributed by atoms with E-state index in [-0.39, 0.29) is 12.5 Å². The van der Waals surface area contributed by atoms with Crippen LogP contribution in [-0.2, 0) is 11.3 Å². The van der Waals surface area contributed by atoms with Crippen LogP contribution in [0.2, 0.25) is 0 Å². The number of hydrogen-bond acceptors (Lipinski definition) is 4. The van der Waals surface area contributed by atoms with Crippen LogP contribution >= 0.6 is 11.3 Å². The molecule has 0 fully saturated rings. The van der Waals surface area contributed by atoms with Crippen LogP contribution in [0, 0.1) is 6.92 Å². The minimum absolute atomic E-state index is 0.234. The van der Waals surface area contributed by atoms with Crippen LogP contribution in [0.5, 0.6) is 0 Å². The molecule has 5 nitrogen and oxygen atoms in total. The SMILES string of the molecule is CCOC(=O)c1cc(-c2ccccc2)sc1NC(=O)c1c(C)c2ccccc2n1CC. The van der Waals surface area contributed by atoms with Crippen LogP contribution in [-0.4, -0.2) is 23.1 Å². The summed E-state index contributed by atoms with van der Waals surface area (Å²) in [4.78, 5) is 26.9. The van der Waals surface area contributed by atoms with E-state index in [1.165, 1.54) is 11.3 Å². The Labute approximate surface area is 185 Å². The average Bonchev–Trinajstić information content (AvgIpc) is 3.33. The van der Waals surface area contributed by atoms with Gasteiger partial charge in [-0.1, -0.05) is 48.5 Å². The summed E-state index contributed by atoms with van der Waals surface area (Å²) in [7, 11) is 0. The molecule has 0 bridgehead atoms. The van der Waals surface area contributed by atoms with Crippen molar-refractivity contribution in [1.82, 2.24) is 4.57 Å². The first-order chi connectivity index (χ1) is 15.0. The summed E-state index contributed by atoms with van der Waals surface area (Å²) < 4.78 is 7.24. The third-order valence-electron chi connectivity index (χ3n) is 5.27. The van der Waals surface area contributed by atoms with E-state index < -0.39 is 5.97 Å². The van der Waals surface area contributed by atoms with Gasteiger partial charge < -0.3 is 14.6 Å². The fourth-order valence-corrected chi connectivity index (χ4v) is 4.90. The molecule has 6 heteroatoms. The lowest BCUT2D eigenvalue weighted by atomic mass is 10.1. The maximum atomic E-state index is 13.4. The van der Waals surface area contributed by atoms with Crippen LogP contribution in [0.25, 0.3) is 21.3 Å². The molecule has 2 aromatic heterocycles. The topological polar surface area (TPSA) is 60.3 Å². The van der Waals surface area contributed by atoms with Gasteiger partial charge in [0.2, 0.25) is 0 Å². The Morgan fingerprint density at radius 2 is 1.74 bits per heavy atom.